The lowest BCUT2D eigenvalue weighted by Gasteiger charge is -2.08. The minimum Gasteiger partial charge on any atom is -0.356 e. The van der Waals surface area contributed by atoms with Gasteiger partial charge in [-0.05, 0) is 59.5 Å². The van der Waals surface area contributed by atoms with Gasteiger partial charge in [0.2, 0.25) is 0 Å². The Hall–Kier alpha value is -3.12. The zero-order chi connectivity index (χ0) is 15.9. The highest BCUT2D eigenvalue weighted by Gasteiger charge is 1.99. The summed E-state index contributed by atoms with van der Waals surface area (Å²) in [5.41, 5.74) is 5.63. The lowest BCUT2D eigenvalue weighted by molar-refractivity contribution is 1.16. The maximum atomic E-state index is 8.69. The first-order chi connectivity index (χ1) is 11.3. The van der Waals surface area contributed by atoms with Crippen LogP contribution in [-0.2, 0) is 12.8 Å². The number of hydrogen-bond donors (Lipinski definition) is 1. The average molecular weight is 299 g/mol. The number of anilines is 2. The number of benzene rings is 2. The molecule has 112 valence electrons. The average Bonchev–Trinajstić information content (AvgIpc) is 2.60. The van der Waals surface area contributed by atoms with E-state index in [0.717, 1.165) is 23.4 Å². The van der Waals surface area contributed by atoms with E-state index in [0.29, 0.717) is 6.42 Å². The molecule has 3 rings (SSSR count). The third-order valence-corrected chi connectivity index (χ3v) is 3.64. The standard InChI is InChI=1S/C20H17N3/c21-12-9-16-1-5-19(6-2-16)23-20-7-3-17(4-8-20)15-18-10-13-22-14-11-18/h1-8,10-11,13-14,23H,9,15H2. The van der Waals surface area contributed by atoms with Crippen LogP contribution in [0.2, 0.25) is 0 Å². The van der Waals surface area contributed by atoms with Crippen molar-refractivity contribution in [2.75, 3.05) is 5.32 Å². The van der Waals surface area contributed by atoms with Gasteiger partial charge in [0.05, 0.1) is 12.5 Å². The van der Waals surface area contributed by atoms with Gasteiger partial charge in [0.15, 0.2) is 0 Å². The van der Waals surface area contributed by atoms with E-state index in [4.69, 9.17) is 5.26 Å². The van der Waals surface area contributed by atoms with Crippen LogP contribution in [0.25, 0.3) is 0 Å². The van der Waals surface area contributed by atoms with Crippen molar-refractivity contribution in [2.24, 2.45) is 0 Å². The molecule has 0 spiro atoms. The van der Waals surface area contributed by atoms with E-state index in [1.807, 2.05) is 48.8 Å². The van der Waals surface area contributed by atoms with Gasteiger partial charge in [0, 0.05) is 23.8 Å². The Morgan fingerprint density at radius 2 is 1.26 bits per heavy atom. The Labute approximate surface area is 136 Å². The third-order valence-electron chi connectivity index (χ3n) is 3.64. The fraction of sp³-hybridized carbons (Fsp3) is 0.100. The quantitative estimate of drug-likeness (QED) is 0.755. The summed E-state index contributed by atoms with van der Waals surface area (Å²) in [6.45, 7) is 0. The first-order valence-corrected chi connectivity index (χ1v) is 7.54. The summed E-state index contributed by atoms with van der Waals surface area (Å²) in [6, 6.07) is 22.6. The van der Waals surface area contributed by atoms with Gasteiger partial charge in [-0.25, -0.2) is 0 Å². The topological polar surface area (TPSA) is 48.7 Å². The van der Waals surface area contributed by atoms with Gasteiger partial charge >= 0.3 is 0 Å². The van der Waals surface area contributed by atoms with Crippen molar-refractivity contribution >= 4 is 11.4 Å². The number of nitriles is 1. The van der Waals surface area contributed by atoms with E-state index >= 15 is 0 Å². The monoisotopic (exact) mass is 299 g/mol. The lowest BCUT2D eigenvalue weighted by atomic mass is 10.1. The number of hydrogen-bond acceptors (Lipinski definition) is 3. The van der Waals surface area contributed by atoms with Crippen LogP contribution in [-0.4, -0.2) is 4.98 Å². The summed E-state index contributed by atoms with van der Waals surface area (Å²) >= 11 is 0. The predicted molar refractivity (Wildman–Crippen MR) is 92.5 cm³/mol. The number of nitrogens with zero attached hydrogens (tertiary/aromatic N) is 2. The Morgan fingerprint density at radius 1 is 0.739 bits per heavy atom. The largest absolute Gasteiger partial charge is 0.356 e. The molecule has 0 bridgehead atoms. The lowest BCUT2D eigenvalue weighted by Crippen LogP contribution is -1.92. The SMILES string of the molecule is N#CCc1ccc(Nc2ccc(Cc3ccncc3)cc2)cc1. The third kappa shape index (κ3) is 4.18. The molecule has 0 saturated heterocycles. The van der Waals surface area contributed by atoms with E-state index < -0.39 is 0 Å². The molecule has 3 heteroatoms. The molecule has 0 fully saturated rings. The fourth-order valence-electron chi connectivity index (χ4n) is 2.41. The Kier molecular flexibility index (Phi) is 4.66. The molecule has 0 saturated carbocycles. The van der Waals surface area contributed by atoms with Crippen molar-refractivity contribution < 1.29 is 0 Å². The molecule has 0 aliphatic carbocycles. The zero-order valence-corrected chi connectivity index (χ0v) is 12.7. The molecule has 0 aliphatic rings. The second-order valence-corrected chi connectivity index (χ2v) is 5.39. The number of pyridine rings is 1. The van der Waals surface area contributed by atoms with E-state index in [1.165, 1.54) is 11.1 Å². The smallest absolute Gasteiger partial charge is 0.0669 e. The molecule has 1 aromatic heterocycles. The summed E-state index contributed by atoms with van der Waals surface area (Å²) in [5, 5.41) is 12.1. The summed E-state index contributed by atoms with van der Waals surface area (Å²) < 4.78 is 0. The van der Waals surface area contributed by atoms with Crippen molar-refractivity contribution in [3.63, 3.8) is 0 Å². The molecular weight excluding hydrogens is 282 g/mol. The molecular formula is C20H17N3. The van der Waals surface area contributed by atoms with E-state index in [9.17, 15) is 0 Å². The molecule has 3 aromatic rings. The van der Waals surface area contributed by atoms with Crippen molar-refractivity contribution in [1.29, 1.82) is 5.26 Å². The highest BCUT2D eigenvalue weighted by atomic mass is 14.9. The van der Waals surface area contributed by atoms with Crippen LogP contribution in [0.5, 0.6) is 0 Å². The fourth-order valence-corrected chi connectivity index (χ4v) is 2.41. The van der Waals surface area contributed by atoms with Gasteiger partial charge in [0.1, 0.15) is 0 Å². The van der Waals surface area contributed by atoms with Gasteiger partial charge in [-0.15, -0.1) is 0 Å². The van der Waals surface area contributed by atoms with Gasteiger partial charge in [-0.3, -0.25) is 4.98 Å². The number of aromatic nitrogens is 1. The maximum absolute atomic E-state index is 8.69. The van der Waals surface area contributed by atoms with E-state index in [2.05, 4.69) is 40.6 Å². The van der Waals surface area contributed by atoms with Gasteiger partial charge < -0.3 is 5.32 Å². The molecule has 0 aliphatic heterocycles. The summed E-state index contributed by atoms with van der Waals surface area (Å²) in [5.74, 6) is 0. The summed E-state index contributed by atoms with van der Waals surface area (Å²) in [6.07, 6.45) is 5.00. The minimum absolute atomic E-state index is 0.448. The van der Waals surface area contributed by atoms with E-state index in [-0.39, 0.29) is 0 Å². The molecule has 0 unspecified atom stereocenters. The second-order valence-electron chi connectivity index (χ2n) is 5.39. The van der Waals surface area contributed by atoms with E-state index in [1.54, 1.807) is 0 Å². The van der Waals surface area contributed by atoms with Crippen LogP contribution in [0.1, 0.15) is 16.7 Å². The van der Waals surface area contributed by atoms with Crippen molar-refractivity contribution in [1.82, 2.24) is 4.98 Å². The van der Waals surface area contributed by atoms with Gasteiger partial charge in [0.25, 0.3) is 0 Å². The normalized spacial score (nSPS) is 10.0. The molecule has 2 aromatic carbocycles. The highest BCUT2D eigenvalue weighted by molar-refractivity contribution is 5.60. The van der Waals surface area contributed by atoms with Crippen molar-refractivity contribution in [2.45, 2.75) is 12.8 Å². The van der Waals surface area contributed by atoms with Crippen molar-refractivity contribution in [3.05, 3.63) is 89.7 Å². The molecule has 0 radical (unpaired) electrons. The molecule has 23 heavy (non-hydrogen) atoms. The van der Waals surface area contributed by atoms with Crippen molar-refractivity contribution in [3.8, 4) is 6.07 Å². The highest BCUT2D eigenvalue weighted by Crippen LogP contribution is 2.19. The predicted octanol–water partition coefficient (Wildman–Crippen LogP) is 4.48. The van der Waals surface area contributed by atoms with Gasteiger partial charge in [-0.1, -0.05) is 24.3 Å². The minimum atomic E-state index is 0.448. The number of rotatable bonds is 5. The molecule has 0 amide bonds. The summed E-state index contributed by atoms with van der Waals surface area (Å²) in [7, 11) is 0. The zero-order valence-electron chi connectivity index (χ0n) is 12.7. The Balaban J connectivity index is 1.64. The summed E-state index contributed by atoms with van der Waals surface area (Å²) in [4.78, 5) is 4.04. The van der Waals surface area contributed by atoms with Crippen LogP contribution in [0.15, 0.2) is 73.1 Å². The number of nitrogens with one attached hydrogen (secondary N) is 1. The van der Waals surface area contributed by atoms with Crippen LogP contribution in [0.3, 0.4) is 0 Å². The molecule has 1 N–H and O–H groups in total. The van der Waals surface area contributed by atoms with Gasteiger partial charge in [-0.2, -0.15) is 5.26 Å². The maximum Gasteiger partial charge on any atom is 0.0669 e. The first kappa shape index (κ1) is 14.8. The van der Waals surface area contributed by atoms with Crippen LogP contribution in [0, 0.1) is 11.3 Å². The molecule has 0 atom stereocenters. The second kappa shape index (κ2) is 7.24. The van der Waals surface area contributed by atoms with Crippen LogP contribution >= 0.6 is 0 Å². The first-order valence-electron chi connectivity index (χ1n) is 7.54. The molecule has 1 heterocycles. The Bertz CT molecular complexity index is 785. The molecule has 3 nitrogen and oxygen atoms in total. The van der Waals surface area contributed by atoms with Crippen LogP contribution in [0.4, 0.5) is 11.4 Å². The Morgan fingerprint density at radius 3 is 1.83 bits per heavy atom. The van der Waals surface area contributed by atoms with Crippen LogP contribution < -0.4 is 5.32 Å².